The highest BCUT2D eigenvalue weighted by Gasteiger charge is 2.23. The second-order valence-corrected chi connectivity index (χ2v) is 6.38. The molecule has 0 atom stereocenters. The van der Waals surface area contributed by atoms with Crippen LogP contribution < -0.4 is 0 Å². The van der Waals surface area contributed by atoms with E-state index in [-0.39, 0.29) is 6.03 Å². The molecule has 0 unspecified atom stereocenters. The SMILES string of the molecule is CN(C)C(=O)N1CCN(Cc2nnc(-c3ccc(Cl)cc3)o2)CC1. The Morgan fingerprint density at radius 1 is 1.17 bits per heavy atom. The fourth-order valence-electron chi connectivity index (χ4n) is 2.60. The first kappa shape index (κ1) is 16.7. The average Bonchev–Trinajstić information content (AvgIpc) is 3.04. The Labute approximate surface area is 145 Å². The molecule has 1 aromatic carbocycles. The maximum absolute atomic E-state index is 11.9. The number of carbonyl (C=O) groups excluding carboxylic acids is 1. The highest BCUT2D eigenvalue weighted by Crippen LogP contribution is 2.20. The van der Waals surface area contributed by atoms with Crippen LogP contribution in [0, 0.1) is 0 Å². The molecule has 1 aromatic heterocycles. The van der Waals surface area contributed by atoms with Crippen LogP contribution in [-0.4, -0.2) is 71.2 Å². The third kappa shape index (κ3) is 3.85. The predicted molar refractivity (Wildman–Crippen MR) is 90.7 cm³/mol. The molecule has 0 spiro atoms. The average molecular weight is 350 g/mol. The highest BCUT2D eigenvalue weighted by atomic mass is 35.5. The minimum atomic E-state index is 0.0532. The van der Waals surface area contributed by atoms with Gasteiger partial charge in [-0.2, -0.15) is 0 Å². The fourth-order valence-corrected chi connectivity index (χ4v) is 2.72. The number of amides is 2. The van der Waals surface area contributed by atoms with Crippen LogP contribution in [-0.2, 0) is 6.54 Å². The van der Waals surface area contributed by atoms with Crippen LogP contribution in [0.25, 0.3) is 11.5 Å². The van der Waals surface area contributed by atoms with Crippen molar-refractivity contribution in [3.63, 3.8) is 0 Å². The third-order valence-electron chi connectivity index (χ3n) is 3.94. The normalized spacial score (nSPS) is 15.5. The summed E-state index contributed by atoms with van der Waals surface area (Å²) in [6.45, 7) is 3.57. The van der Waals surface area contributed by atoms with E-state index in [4.69, 9.17) is 16.0 Å². The summed E-state index contributed by atoms with van der Waals surface area (Å²) in [6, 6.07) is 7.34. The van der Waals surface area contributed by atoms with E-state index >= 15 is 0 Å². The van der Waals surface area contributed by atoms with Gasteiger partial charge in [-0.3, -0.25) is 4.90 Å². The molecule has 8 heteroatoms. The first-order chi connectivity index (χ1) is 11.5. The van der Waals surface area contributed by atoms with Gasteiger partial charge in [-0.25, -0.2) is 4.79 Å². The Kier molecular flexibility index (Phi) is 5.01. The van der Waals surface area contributed by atoms with Crippen molar-refractivity contribution in [3.05, 3.63) is 35.2 Å². The third-order valence-corrected chi connectivity index (χ3v) is 4.19. The fraction of sp³-hybridized carbons (Fsp3) is 0.438. The molecule has 2 aromatic rings. The quantitative estimate of drug-likeness (QED) is 0.849. The summed E-state index contributed by atoms with van der Waals surface area (Å²) in [7, 11) is 3.54. The van der Waals surface area contributed by atoms with Crippen LogP contribution in [0.1, 0.15) is 5.89 Å². The highest BCUT2D eigenvalue weighted by molar-refractivity contribution is 6.30. The molecule has 3 rings (SSSR count). The minimum absolute atomic E-state index is 0.0532. The van der Waals surface area contributed by atoms with Gasteiger partial charge < -0.3 is 14.2 Å². The lowest BCUT2D eigenvalue weighted by molar-refractivity contribution is 0.115. The zero-order valence-corrected chi connectivity index (χ0v) is 14.5. The van der Waals surface area contributed by atoms with Gasteiger partial charge in [0.25, 0.3) is 0 Å². The van der Waals surface area contributed by atoms with Crippen molar-refractivity contribution in [2.24, 2.45) is 0 Å². The van der Waals surface area contributed by atoms with E-state index in [1.807, 2.05) is 17.0 Å². The van der Waals surface area contributed by atoms with Crippen LogP contribution in [0.5, 0.6) is 0 Å². The number of halogens is 1. The lowest BCUT2D eigenvalue weighted by atomic mass is 10.2. The minimum Gasteiger partial charge on any atom is -0.419 e. The van der Waals surface area contributed by atoms with Crippen molar-refractivity contribution in [1.29, 1.82) is 0 Å². The zero-order chi connectivity index (χ0) is 17.1. The van der Waals surface area contributed by atoms with Crippen LogP contribution in [0.4, 0.5) is 4.79 Å². The van der Waals surface area contributed by atoms with E-state index < -0.39 is 0 Å². The van der Waals surface area contributed by atoms with E-state index in [9.17, 15) is 4.79 Å². The van der Waals surface area contributed by atoms with Gasteiger partial charge in [0, 0.05) is 50.9 Å². The van der Waals surface area contributed by atoms with Crippen molar-refractivity contribution < 1.29 is 9.21 Å². The number of hydrogen-bond acceptors (Lipinski definition) is 5. The molecule has 0 saturated carbocycles. The van der Waals surface area contributed by atoms with Gasteiger partial charge in [-0.15, -0.1) is 10.2 Å². The smallest absolute Gasteiger partial charge is 0.319 e. The Balaban J connectivity index is 1.56. The van der Waals surface area contributed by atoms with Gasteiger partial charge in [0.1, 0.15) is 0 Å². The van der Waals surface area contributed by atoms with E-state index in [0.717, 1.165) is 18.7 Å². The predicted octanol–water partition coefficient (Wildman–Crippen LogP) is 2.19. The summed E-state index contributed by atoms with van der Waals surface area (Å²) < 4.78 is 5.73. The van der Waals surface area contributed by atoms with Gasteiger partial charge >= 0.3 is 6.03 Å². The van der Waals surface area contributed by atoms with Crippen LogP contribution in [0.2, 0.25) is 5.02 Å². The summed E-state index contributed by atoms with van der Waals surface area (Å²) in [6.07, 6.45) is 0. The van der Waals surface area contributed by atoms with Gasteiger partial charge in [0.2, 0.25) is 11.8 Å². The van der Waals surface area contributed by atoms with Crippen molar-refractivity contribution >= 4 is 17.6 Å². The topological polar surface area (TPSA) is 65.7 Å². The Bertz CT molecular complexity index is 693. The molecule has 7 nitrogen and oxygen atoms in total. The van der Waals surface area contributed by atoms with E-state index in [2.05, 4.69) is 15.1 Å². The summed E-state index contributed by atoms with van der Waals surface area (Å²) in [5.41, 5.74) is 0.847. The number of urea groups is 1. The van der Waals surface area contributed by atoms with E-state index in [1.165, 1.54) is 0 Å². The summed E-state index contributed by atoms with van der Waals surface area (Å²) in [4.78, 5) is 17.6. The lowest BCUT2D eigenvalue weighted by Gasteiger charge is -2.35. The Hall–Kier alpha value is -2.12. The molecule has 1 aliphatic rings. The summed E-state index contributed by atoms with van der Waals surface area (Å²) >= 11 is 5.88. The molecule has 128 valence electrons. The molecule has 2 amide bonds. The summed E-state index contributed by atoms with van der Waals surface area (Å²) in [5, 5.41) is 8.87. The van der Waals surface area contributed by atoms with Crippen LogP contribution in [0.3, 0.4) is 0 Å². The molecule has 24 heavy (non-hydrogen) atoms. The number of carbonyl (C=O) groups is 1. The molecule has 0 bridgehead atoms. The number of nitrogens with zero attached hydrogens (tertiary/aromatic N) is 5. The molecule has 1 aliphatic heterocycles. The Morgan fingerprint density at radius 3 is 2.46 bits per heavy atom. The van der Waals surface area contributed by atoms with Gasteiger partial charge in [0.15, 0.2) is 0 Å². The second kappa shape index (κ2) is 7.19. The second-order valence-electron chi connectivity index (χ2n) is 5.95. The Morgan fingerprint density at radius 2 is 1.83 bits per heavy atom. The van der Waals surface area contributed by atoms with Crippen molar-refractivity contribution in [2.75, 3.05) is 40.3 Å². The lowest BCUT2D eigenvalue weighted by Crippen LogP contribution is -2.51. The molecular weight excluding hydrogens is 330 g/mol. The number of rotatable bonds is 3. The molecule has 0 N–H and O–H groups in total. The largest absolute Gasteiger partial charge is 0.419 e. The number of benzene rings is 1. The standard InChI is InChI=1S/C16H20ClN5O2/c1-20(2)16(23)22-9-7-21(8-10-22)11-14-18-19-15(24-14)12-3-5-13(17)6-4-12/h3-6H,7-11H2,1-2H3. The number of aromatic nitrogens is 2. The maximum atomic E-state index is 11.9. The van der Waals surface area contributed by atoms with Crippen LogP contribution in [0.15, 0.2) is 28.7 Å². The van der Waals surface area contributed by atoms with E-state index in [0.29, 0.717) is 36.4 Å². The number of hydrogen-bond donors (Lipinski definition) is 0. The van der Waals surface area contributed by atoms with Crippen molar-refractivity contribution in [1.82, 2.24) is 24.9 Å². The van der Waals surface area contributed by atoms with Crippen molar-refractivity contribution in [3.8, 4) is 11.5 Å². The number of piperazine rings is 1. The molecule has 0 aliphatic carbocycles. The van der Waals surface area contributed by atoms with Gasteiger partial charge in [0.05, 0.1) is 6.54 Å². The first-order valence-corrected chi connectivity index (χ1v) is 8.17. The maximum Gasteiger partial charge on any atom is 0.319 e. The van der Waals surface area contributed by atoms with Crippen LogP contribution >= 0.6 is 11.6 Å². The van der Waals surface area contributed by atoms with E-state index in [1.54, 1.807) is 31.1 Å². The molecular formula is C16H20ClN5O2. The molecule has 1 saturated heterocycles. The molecule has 2 heterocycles. The molecule has 0 radical (unpaired) electrons. The molecule has 1 fully saturated rings. The van der Waals surface area contributed by atoms with Gasteiger partial charge in [-0.1, -0.05) is 11.6 Å². The monoisotopic (exact) mass is 349 g/mol. The van der Waals surface area contributed by atoms with Crippen molar-refractivity contribution in [2.45, 2.75) is 6.54 Å². The zero-order valence-electron chi connectivity index (χ0n) is 13.8. The van der Waals surface area contributed by atoms with Gasteiger partial charge in [-0.05, 0) is 24.3 Å². The first-order valence-electron chi connectivity index (χ1n) is 7.80. The summed E-state index contributed by atoms with van der Waals surface area (Å²) in [5.74, 6) is 1.07.